The first-order valence-electron chi connectivity index (χ1n) is 10.1. The van der Waals surface area contributed by atoms with Gasteiger partial charge in [0.2, 0.25) is 0 Å². The maximum atomic E-state index is 4.93. The molecular formula is C25H35N3O. The molecule has 2 aromatic carbocycles. The fraction of sp³-hybridized carbons (Fsp3) is 0.320. The summed E-state index contributed by atoms with van der Waals surface area (Å²) in [7, 11) is 5.62. The van der Waals surface area contributed by atoms with Gasteiger partial charge < -0.3 is 15.4 Å². The summed E-state index contributed by atoms with van der Waals surface area (Å²) in [6, 6.07) is 26.6. The molecule has 2 N–H and O–H groups in total. The largest absolute Gasteiger partial charge is 0.380 e. The molecule has 0 atom stereocenters. The Morgan fingerprint density at radius 3 is 1.76 bits per heavy atom. The lowest BCUT2D eigenvalue weighted by atomic mass is 10.2. The summed E-state index contributed by atoms with van der Waals surface area (Å²) in [5.41, 5.74) is 3.77. The Balaban J connectivity index is 0.000000218. The van der Waals surface area contributed by atoms with Gasteiger partial charge in [-0.05, 0) is 50.3 Å². The molecule has 0 unspecified atom stereocenters. The van der Waals surface area contributed by atoms with E-state index < -0.39 is 0 Å². The lowest BCUT2D eigenvalue weighted by Gasteiger charge is -1.97. The molecule has 0 bridgehead atoms. The molecule has 3 aromatic rings. The van der Waals surface area contributed by atoms with Crippen LogP contribution >= 0.6 is 0 Å². The SMILES string of the molecule is CNCCc1ccccc1.CNCCc1ccccn1.COCc1ccccc1. The molecule has 0 amide bonds. The molecule has 29 heavy (non-hydrogen) atoms. The van der Waals surface area contributed by atoms with Crippen LogP contribution in [-0.4, -0.2) is 39.3 Å². The zero-order chi connectivity index (χ0) is 21.0. The average molecular weight is 394 g/mol. The van der Waals surface area contributed by atoms with Crippen molar-refractivity contribution >= 4 is 0 Å². The predicted octanol–water partition coefficient (Wildman–Crippen LogP) is 4.13. The third-order valence-corrected chi connectivity index (χ3v) is 4.02. The zero-order valence-corrected chi connectivity index (χ0v) is 18.0. The van der Waals surface area contributed by atoms with E-state index in [-0.39, 0.29) is 0 Å². The van der Waals surface area contributed by atoms with Crippen molar-refractivity contribution in [2.75, 3.05) is 34.3 Å². The van der Waals surface area contributed by atoms with Crippen LogP contribution in [0.1, 0.15) is 16.8 Å². The van der Waals surface area contributed by atoms with E-state index in [1.165, 1.54) is 11.1 Å². The second kappa shape index (κ2) is 17.6. The van der Waals surface area contributed by atoms with Gasteiger partial charge in [-0.15, -0.1) is 0 Å². The number of pyridine rings is 1. The highest BCUT2D eigenvalue weighted by molar-refractivity contribution is 5.15. The van der Waals surface area contributed by atoms with Gasteiger partial charge in [-0.25, -0.2) is 0 Å². The lowest BCUT2D eigenvalue weighted by Crippen LogP contribution is -2.10. The molecule has 1 aromatic heterocycles. The zero-order valence-electron chi connectivity index (χ0n) is 18.0. The van der Waals surface area contributed by atoms with Crippen LogP contribution in [0.5, 0.6) is 0 Å². The number of ether oxygens (including phenoxy) is 1. The van der Waals surface area contributed by atoms with E-state index >= 15 is 0 Å². The standard InChI is InChI=1S/C9H13N.C8H12N2.C8H10O/c1-10-8-7-9-5-3-2-4-6-9;1-9-7-5-8-4-2-3-6-10-8;1-9-7-8-5-3-2-4-6-8/h2-6,10H,7-8H2,1H3;2-4,6,9H,5,7H2,1H3;2-6H,7H2,1H3. The molecule has 0 aliphatic rings. The minimum absolute atomic E-state index is 0.709. The topological polar surface area (TPSA) is 46.2 Å². The van der Waals surface area contributed by atoms with E-state index in [4.69, 9.17) is 4.74 Å². The lowest BCUT2D eigenvalue weighted by molar-refractivity contribution is 0.185. The minimum Gasteiger partial charge on any atom is -0.380 e. The van der Waals surface area contributed by atoms with Crippen LogP contribution in [0, 0.1) is 0 Å². The number of methoxy groups -OCH3 is 1. The fourth-order valence-electron chi connectivity index (χ4n) is 2.45. The summed E-state index contributed by atoms with van der Waals surface area (Å²) in [5.74, 6) is 0. The van der Waals surface area contributed by atoms with E-state index in [1.807, 2.05) is 74.9 Å². The average Bonchev–Trinajstić information content (AvgIpc) is 2.79. The molecule has 1 heterocycles. The first-order valence-corrected chi connectivity index (χ1v) is 10.1. The Labute approximate surface area is 176 Å². The fourth-order valence-corrected chi connectivity index (χ4v) is 2.45. The molecule has 0 saturated carbocycles. The minimum atomic E-state index is 0.709. The van der Waals surface area contributed by atoms with Gasteiger partial charge >= 0.3 is 0 Å². The van der Waals surface area contributed by atoms with Crippen molar-refractivity contribution in [1.82, 2.24) is 15.6 Å². The Morgan fingerprint density at radius 1 is 0.690 bits per heavy atom. The maximum absolute atomic E-state index is 4.93. The van der Waals surface area contributed by atoms with Crippen molar-refractivity contribution in [2.24, 2.45) is 0 Å². The summed E-state index contributed by atoms with van der Waals surface area (Å²) in [6.07, 6.45) is 3.96. The smallest absolute Gasteiger partial charge is 0.0713 e. The number of nitrogens with one attached hydrogen (secondary N) is 2. The van der Waals surface area contributed by atoms with Gasteiger partial charge in [-0.2, -0.15) is 0 Å². The van der Waals surface area contributed by atoms with Crippen LogP contribution in [0.3, 0.4) is 0 Å². The molecule has 0 fully saturated rings. The van der Waals surface area contributed by atoms with Gasteiger partial charge in [0.1, 0.15) is 0 Å². The second-order valence-corrected chi connectivity index (χ2v) is 6.43. The second-order valence-electron chi connectivity index (χ2n) is 6.43. The molecule has 0 spiro atoms. The normalized spacial score (nSPS) is 9.62. The van der Waals surface area contributed by atoms with E-state index in [0.29, 0.717) is 6.61 Å². The molecule has 0 saturated heterocycles. The van der Waals surface area contributed by atoms with Crippen molar-refractivity contribution < 1.29 is 4.74 Å². The molecule has 0 aliphatic heterocycles. The highest BCUT2D eigenvalue weighted by Gasteiger charge is 1.89. The molecule has 4 heteroatoms. The van der Waals surface area contributed by atoms with Crippen LogP contribution < -0.4 is 10.6 Å². The number of aromatic nitrogens is 1. The first kappa shape index (κ1) is 24.5. The number of nitrogens with zero attached hydrogens (tertiary/aromatic N) is 1. The predicted molar refractivity (Wildman–Crippen MR) is 123 cm³/mol. The number of hydrogen-bond donors (Lipinski definition) is 2. The van der Waals surface area contributed by atoms with Gasteiger partial charge in [0.05, 0.1) is 6.61 Å². The van der Waals surface area contributed by atoms with Gasteiger partial charge in [0.15, 0.2) is 0 Å². The van der Waals surface area contributed by atoms with Crippen molar-refractivity contribution in [3.05, 3.63) is 102 Å². The number of likely N-dealkylation sites (N-methyl/N-ethyl adjacent to an activating group) is 2. The Kier molecular flexibility index (Phi) is 14.8. The van der Waals surface area contributed by atoms with E-state index in [2.05, 4.69) is 39.9 Å². The quantitative estimate of drug-likeness (QED) is 0.604. The molecular weight excluding hydrogens is 358 g/mol. The summed E-state index contributed by atoms with van der Waals surface area (Å²) in [4.78, 5) is 4.18. The summed E-state index contributed by atoms with van der Waals surface area (Å²) in [6.45, 7) is 2.77. The monoisotopic (exact) mass is 393 g/mol. The van der Waals surface area contributed by atoms with E-state index in [1.54, 1.807) is 7.11 Å². The molecule has 0 aliphatic carbocycles. The van der Waals surface area contributed by atoms with E-state index in [0.717, 1.165) is 31.6 Å². The third kappa shape index (κ3) is 13.3. The van der Waals surface area contributed by atoms with Crippen LogP contribution in [0.15, 0.2) is 85.1 Å². The molecule has 0 radical (unpaired) electrons. The third-order valence-electron chi connectivity index (χ3n) is 4.02. The summed E-state index contributed by atoms with van der Waals surface area (Å²) in [5, 5.41) is 6.19. The maximum Gasteiger partial charge on any atom is 0.0713 e. The summed E-state index contributed by atoms with van der Waals surface area (Å²) < 4.78 is 4.93. The highest BCUT2D eigenvalue weighted by Crippen LogP contribution is 1.98. The molecule has 3 rings (SSSR count). The van der Waals surface area contributed by atoms with Crippen molar-refractivity contribution in [3.63, 3.8) is 0 Å². The van der Waals surface area contributed by atoms with Crippen molar-refractivity contribution in [1.29, 1.82) is 0 Å². The number of rotatable bonds is 8. The van der Waals surface area contributed by atoms with Gasteiger partial charge in [-0.3, -0.25) is 4.98 Å². The van der Waals surface area contributed by atoms with Crippen LogP contribution in [0.2, 0.25) is 0 Å². The Bertz CT molecular complexity index is 662. The van der Waals surface area contributed by atoms with Crippen LogP contribution in [0.4, 0.5) is 0 Å². The molecule has 156 valence electrons. The summed E-state index contributed by atoms with van der Waals surface area (Å²) >= 11 is 0. The Morgan fingerprint density at radius 2 is 1.24 bits per heavy atom. The van der Waals surface area contributed by atoms with Gasteiger partial charge in [0, 0.05) is 32.0 Å². The highest BCUT2D eigenvalue weighted by atomic mass is 16.5. The first-order chi connectivity index (χ1) is 14.3. The number of benzene rings is 2. The van der Waals surface area contributed by atoms with Crippen LogP contribution in [0.25, 0.3) is 0 Å². The van der Waals surface area contributed by atoms with E-state index in [9.17, 15) is 0 Å². The van der Waals surface area contributed by atoms with Crippen molar-refractivity contribution in [2.45, 2.75) is 19.4 Å². The van der Waals surface area contributed by atoms with Gasteiger partial charge in [-0.1, -0.05) is 66.7 Å². The Hall–Kier alpha value is -2.53. The molecule has 4 nitrogen and oxygen atoms in total. The van der Waals surface area contributed by atoms with Crippen molar-refractivity contribution in [3.8, 4) is 0 Å². The number of hydrogen-bond acceptors (Lipinski definition) is 4. The van der Waals surface area contributed by atoms with Gasteiger partial charge in [0.25, 0.3) is 0 Å². The van der Waals surface area contributed by atoms with Crippen LogP contribution in [-0.2, 0) is 24.2 Å².